The molecule has 3 rings (SSSR count). The maximum Gasteiger partial charge on any atom is 0.332 e. The highest BCUT2D eigenvalue weighted by atomic mass is 35.5. The third kappa shape index (κ3) is 3.63. The van der Waals surface area contributed by atoms with Gasteiger partial charge in [0.2, 0.25) is 5.91 Å². The van der Waals surface area contributed by atoms with Crippen molar-refractivity contribution in [3.8, 4) is 5.75 Å². The average Bonchev–Trinajstić information content (AvgIpc) is 2.66. The van der Waals surface area contributed by atoms with Gasteiger partial charge in [0.25, 0.3) is 5.56 Å². The van der Waals surface area contributed by atoms with E-state index in [0.29, 0.717) is 23.1 Å². The largest absolute Gasteiger partial charge is 0.493 e. The van der Waals surface area contributed by atoms with Crippen LogP contribution in [-0.2, 0) is 18.4 Å². The quantitative estimate of drug-likeness (QED) is 0.705. The van der Waals surface area contributed by atoms with Crippen molar-refractivity contribution < 1.29 is 9.53 Å². The molecule has 0 aliphatic carbocycles. The fourth-order valence-corrected chi connectivity index (χ4v) is 2.99. The SMILES string of the molecule is CCOc1ccnc2c1c(=O)n(CC(=O)Nc1ccc(C)c(Cl)c1)c(=O)n2C. The van der Waals surface area contributed by atoms with Crippen molar-refractivity contribution in [2.75, 3.05) is 11.9 Å². The predicted molar refractivity (Wildman–Crippen MR) is 107 cm³/mol. The molecule has 0 aliphatic rings. The first-order chi connectivity index (χ1) is 13.3. The third-order valence-electron chi connectivity index (χ3n) is 4.24. The summed E-state index contributed by atoms with van der Waals surface area (Å²) in [4.78, 5) is 42.1. The second kappa shape index (κ2) is 7.85. The number of halogens is 1. The van der Waals surface area contributed by atoms with Crippen molar-refractivity contribution in [3.05, 3.63) is 61.9 Å². The molecular weight excluding hydrogens is 384 g/mol. The Morgan fingerprint density at radius 2 is 2.04 bits per heavy atom. The van der Waals surface area contributed by atoms with E-state index in [1.54, 1.807) is 31.2 Å². The fourth-order valence-electron chi connectivity index (χ4n) is 2.81. The third-order valence-corrected chi connectivity index (χ3v) is 4.65. The molecule has 0 saturated carbocycles. The van der Waals surface area contributed by atoms with E-state index in [2.05, 4.69) is 10.3 Å². The number of anilines is 1. The zero-order valence-corrected chi connectivity index (χ0v) is 16.4. The van der Waals surface area contributed by atoms with Gasteiger partial charge in [-0.2, -0.15) is 0 Å². The van der Waals surface area contributed by atoms with Crippen LogP contribution >= 0.6 is 11.6 Å². The number of aromatic nitrogens is 3. The Kier molecular flexibility index (Phi) is 5.51. The highest BCUT2D eigenvalue weighted by Gasteiger charge is 2.18. The summed E-state index contributed by atoms with van der Waals surface area (Å²) < 4.78 is 7.57. The van der Waals surface area contributed by atoms with E-state index in [1.807, 2.05) is 6.92 Å². The molecule has 0 aliphatic heterocycles. The number of rotatable bonds is 5. The Balaban J connectivity index is 2.01. The molecule has 0 bridgehead atoms. The molecule has 0 unspecified atom stereocenters. The van der Waals surface area contributed by atoms with Gasteiger partial charge < -0.3 is 10.1 Å². The topological polar surface area (TPSA) is 95.2 Å². The summed E-state index contributed by atoms with van der Waals surface area (Å²) in [5.41, 5.74) is 0.267. The number of aryl methyl sites for hydroxylation is 2. The molecule has 3 aromatic rings. The van der Waals surface area contributed by atoms with E-state index in [4.69, 9.17) is 16.3 Å². The van der Waals surface area contributed by atoms with Gasteiger partial charge in [-0.05, 0) is 37.6 Å². The lowest BCUT2D eigenvalue weighted by Crippen LogP contribution is -2.42. The number of pyridine rings is 1. The molecule has 9 heteroatoms. The number of carbonyl (C=O) groups is 1. The number of carbonyl (C=O) groups excluding carboxylic acids is 1. The molecule has 1 aromatic carbocycles. The molecule has 0 spiro atoms. The van der Waals surface area contributed by atoms with Crippen LogP contribution in [0.25, 0.3) is 11.0 Å². The first-order valence-electron chi connectivity index (χ1n) is 8.60. The van der Waals surface area contributed by atoms with Crippen molar-refractivity contribution in [1.29, 1.82) is 0 Å². The van der Waals surface area contributed by atoms with Crippen LogP contribution in [0.15, 0.2) is 40.1 Å². The lowest BCUT2D eigenvalue weighted by molar-refractivity contribution is -0.116. The van der Waals surface area contributed by atoms with Crippen LogP contribution in [0.3, 0.4) is 0 Å². The highest BCUT2D eigenvalue weighted by molar-refractivity contribution is 6.31. The van der Waals surface area contributed by atoms with Crippen LogP contribution in [0.1, 0.15) is 12.5 Å². The lowest BCUT2D eigenvalue weighted by atomic mass is 10.2. The number of fused-ring (bicyclic) bond motifs is 1. The minimum atomic E-state index is -0.643. The number of ether oxygens (including phenoxy) is 1. The van der Waals surface area contributed by atoms with Crippen LogP contribution in [0.5, 0.6) is 5.75 Å². The number of hydrogen-bond acceptors (Lipinski definition) is 5. The monoisotopic (exact) mass is 402 g/mol. The molecule has 2 heterocycles. The molecule has 2 aromatic heterocycles. The Bertz CT molecular complexity index is 1180. The van der Waals surface area contributed by atoms with Crippen molar-refractivity contribution in [2.45, 2.75) is 20.4 Å². The van der Waals surface area contributed by atoms with Crippen molar-refractivity contribution in [1.82, 2.24) is 14.1 Å². The van der Waals surface area contributed by atoms with Crippen LogP contribution in [-0.4, -0.2) is 26.6 Å². The molecule has 1 amide bonds. The number of hydrogen-bond donors (Lipinski definition) is 1. The number of nitrogens with one attached hydrogen (secondary N) is 1. The zero-order valence-electron chi connectivity index (χ0n) is 15.7. The molecule has 1 N–H and O–H groups in total. The van der Waals surface area contributed by atoms with E-state index in [9.17, 15) is 14.4 Å². The summed E-state index contributed by atoms with van der Waals surface area (Å²) in [6.45, 7) is 3.52. The second-order valence-electron chi connectivity index (χ2n) is 6.19. The van der Waals surface area contributed by atoms with Crippen LogP contribution in [0.4, 0.5) is 5.69 Å². The molecule has 8 nitrogen and oxygen atoms in total. The van der Waals surface area contributed by atoms with Gasteiger partial charge in [0.15, 0.2) is 5.65 Å². The minimum absolute atomic E-state index is 0.151. The van der Waals surface area contributed by atoms with Gasteiger partial charge in [-0.3, -0.25) is 14.2 Å². The molecule has 0 saturated heterocycles. The van der Waals surface area contributed by atoms with E-state index >= 15 is 0 Å². The Labute approximate surface area is 165 Å². The maximum atomic E-state index is 12.9. The predicted octanol–water partition coefficient (Wildman–Crippen LogP) is 2.09. The van der Waals surface area contributed by atoms with Crippen LogP contribution < -0.4 is 21.3 Å². The Hall–Kier alpha value is -3.13. The second-order valence-corrected chi connectivity index (χ2v) is 6.59. The van der Waals surface area contributed by atoms with Crippen molar-refractivity contribution in [2.24, 2.45) is 7.05 Å². The van der Waals surface area contributed by atoms with Crippen molar-refractivity contribution >= 4 is 34.2 Å². The van der Waals surface area contributed by atoms with Crippen molar-refractivity contribution in [3.63, 3.8) is 0 Å². The molecule has 28 heavy (non-hydrogen) atoms. The number of nitrogens with zero attached hydrogens (tertiary/aromatic N) is 3. The summed E-state index contributed by atoms with van der Waals surface area (Å²) in [5.74, 6) is -0.215. The van der Waals surface area contributed by atoms with Gasteiger partial charge in [-0.1, -0.05) is 17.7 Å². The standard InChI is InChI=1S/C19H19ClN4O4/c1-4-28-14-7-8-21-17-16(14)18(26)24(19(27)23(17)3)10-15(25)22-12-6-5-11(2)13(20)9-12/h5-9H,4,10H2,1-3H3,(H,22,25). The Morgan fingerprint density at radius 1 is 1.29 bits per heavy atom. The highest BCUT2D eigenvalue weighted by Crippen LogP contribution is 2.20. The first-order valence-corrected chi connectivity index (χ1v) is 8.98. The summed E-state index contributed by atoms with van der Waals surface area (Å²) in [7, 11) is 1.49. The van der Waals surface area contributed by atoms with Gasteiger partial charge >= 0.3 is 5.69 Å². The summed E-state index contributed by atoms with van der Waals surface area (Å²) >= 11 is 6.06. The van der Waals surface area contributed by atoms with Crippen LogP contribution in [0, 0.1) is 6.92 Å². The molecule has 0 atom stereocenters. The van der Waals surface area contributed by atoms with Gasteiger partial charge in [0.05, 0.1) is 6.61 Å². The number of amides is 1. The smallest absolute Gasteiger partial charge is 0.332 e. The summed E-state index contributed by atoms with van der Waals surface area (Å²) in [6, 6.07) is 6.61. The summed E-state index contributed by atoms with van der Waals surface area (Å²) in [6.07, 6.45) is 1.46. The summed E-state index contributed by atoms with van der Waals surface area (Å²) in [5, 5.41) is 3.30. The van der Waals surface area contributed by atoms with E-state index in [1.165, 1.54) is 17.8 Å². The number of benzene rings is 1. The molecule has 0 fully saturated rings. The molecule has 146 valence electrons. The Morgan fingerprint density at radius 3 is 2.71 bits per heavy atom. The van der Waals surface area contributed by atoms with Gasteiger partial charge in [0.1, 0.15) is 17.7 Å². The van der Waals surface area contributed by atoms with Gasteiger partial charge in [0, 0.05) is 24.0 Å². The normalized spacial score (nSPS) is 10.9. The van der Waals surface area contributed by atoms with E-state index < -0.39 is 23.7 Å². The maximum absolute atomic E-state index is 12.9. The van der Waals surface area contributed by atoms with E-state index in [0.717, 1.165) is 10.1 Å². The van der Waals surface area contributed by atoms with Crippen LogP contribution in [0.2, 0.25) is 5.02 Å². The zero-order chi connectivity index (χ0) is 20.4. The fraction of sp³-hybridized carbons (Fsp3) is 0.263. The first kappa shape index (κ1) is 19.6. The average molecular weight is 403 g/mol. The van der Waals surface area contributed by atoms with E-state index in [-0.39, 0.29) is 11.0 Å². The lowest BCUT2D eigenvalue weighted by Gasteiger charge is -2.13. The van der Waals surface area contributed by atoms with Gasteiger partial charge in [-0.25, -0.2) is 14.3 Å². The molecule has 0 radical (unpaired) electrons. The van der Waals surface area contributed by atoms with Gasteiger partial charge in [-0.15, -0.1) is 0 Å². The molecular formula is C19H19ClN4O4. The minimum Gasteiger partial charge on any atom is -0.493 e.